The average molecular weight is 421 g/mol. The van der Waals surface area contributed by atoms with Gasteiger partial charge in [-0.3, -0.25) is 9.59 Å². The Kier molecular flexibility index (Phi) is 6.95. The molecule has 2 N–H and O–H groups in total. The topological polar surface area (TPSA) is 89.0 Å². The number of para-hydroxylation sites is 2. The zero-order valence-corrected chi connectivity index (χ0v) is 16.9. The third-order valence-electron chi connectivity index (χ3n) is 4.34. The Morgan fingerprint density at radius 2 is 1.58 bits per heavy atom. The fourth-order valence-electron chi connectivity index (χ4n) is 2.86. The quantitative estimate of drug-likeness (QED) is 0.448. The summed E-state index contributed by atoms with van der Waals surface area (Å²) in [6.45, 7) is 0. The summed E-state index contributed by atoms with van der Waals surface area (Å²) in [6.07, 6.45) is 1.42. The number of nitrogens with one attached hydrogen (secondary N) is 2. The van der Waals surface area contributed by atoms with E-state index in [9.17, 15) is 14.0 Å². The standard InChI is InChI=1S/C23H20FN3O4/c1-30-20-13-7-8-15(21(20)31-2)14-25-27-23(29)17-10-4-6-12-19(17)26-22(28)16-9-3-5-11-18(16)24/h3-14H,1-2H3,(H,26,28)(H,27,29)/b25-14-. The third kappa shape index (κ3) is 5.05. The predicted octanol–water partition coefficient (Wildman–Crippen LogP) is 3.86. The first-order valence-electron chi connectivity index (χ1n) is 9.24. The number of anilines is 1. The smallest absolute Gasteiger partial charge is 0.273 e. The molecular formula is C23H20FN3O4. The highest BCUT2D eigenvalue weighted by Crippen LogP contribution is 2.29. The van der Waals surface area contributed by atoms with Crippen molar-refractivity contribution >= 4 is 23.7 Å². The molecule has 31 heavy (non-hydrogen) atoms. The molecule has 0 heterocycles. The van der Waals surface area contributed by atoms with Gasteiger partial charge in [0.2, 0.25) is 0 Å². The summed E-state index contributed by atoms with van der Waals surface area (Å²) in [7, 11) is 3.02. The fourth-order valence-corrected chi connectivity index (χ4v) is 2.86. The molecule has 0 aliphatic heterocycles. The van der Waals surface area contributed by atoms with Crippen LogP contribution in [0.2, 0.25) is 0 Å². The van der Waals surface area contributed by atoms with E-state index in [4.69, 9.17) is 9.47 Å². The molecule has 0 aliphatic carbocycles. The van der Waals surface area contributed by atoms with Gasteiger partial charge in [0.05, 0.1) is 37.2 Å². The van der Waals surface area contributed by atoms with Crippen LogP contribution < -0.4 is 20.2 Å². The predicted molar refractivity (Wildman–Crippen MR) is 115 cm³/mol. The minimum Gasteiger partial charge on any atom is -0.493 e. The minimum atomic E-state index is -0.664. The molecule has 8 heteroatoms. The lowest BCUT2D eigenvalue weighted by molar-refractivity contribution is 0.0956. The molecule has 7 nitrogen and oxygen atoms in total. The second-order valence-electron chi connectivity index (χ2n) is 6.26. The molecule has 0 saturated heterocycles. The number of benzene rings is 3. The Labute approximate surface area is 178 Å². The van der Waals surface area contributed by atoms with Crippen molar-refractivity contribution in [2.75, 3.05) is 19.5 Å². The Morgan fingerprint density at radius 3 is 2.29 bits per heavy atom. The SMILES string of the molecule is COc1cccc(/C=N\NC(=O)c2ccccc2NC(=O)c2ccccc2F)c1OC. The number of halogens is 1. The van der Waals surface area contributed by atoms with E-state index in [0.717, 1.165) is 0 Å². The second kappa shape index (κ2) is 10.0. The van der Waals surface area contributed by atoms with Crippen LogP contribution in [-0.4, -0.2) is 32.2 Å². The minimum absolute atomic E-state index is 0.124. The molecule has 3 aromatic rings. The van der Waals surface area contributed by atoms with Crippen molar-refractivity contribution < 1.29 is 23.5 Å². The first-order chi connectivity index (χ1) is 15.0. The molecular weight excluding hydrogens is 401 g/mol. The highest BCUT2D eigenvalue weighted by Gasteiger charge is 2.16. The molecule has 158 valence electrons. The van der Waals surface area contributed by atoms with E-state index in [0.29, 0.717) is 17.1 Å². The maximum Gasteiger partial charge on any atom is 0.273 e. The van der Waals surface area contributed by atoms with Crippen molar-refractivity contribution in [2.24, 2.45) is 5.10 Å². The van der Waals surface area contributed by atoms with E-state index in [1.165, 1.54) is 44.7 Å². The maximum atomic E-state index is 13.9. The Hall–Kier alpha value is -4.20. The summed E-state index contributed by atoms with van der Waals surface area (Å²) in [5, 5.41) is 6.52. The molecule has 3 aromatic carbocycles. The number of amides is 2. The van der Waals surface area contributed by atoms with E-state index >= 15 is 0 Å². The van der Waals surface area contributed by atoms with Crippen LogP contribution in [0.4, 0.5) is 10.1 Å². The summed E-state index contributed by atoms with van der Waals surface area (Å²) in [5.41, 5.74) is 3.28. The van der Waals surface area contributed by atoms with E-state index in [-0.39, 0.29) is 16.8 Å². The molecule has 0 unspecified atom stereocenters. The number of ether oxygens (including phenoxy) is 2. The van der Waals surface area contributed by atoms with Crippen molar-refractivity contribution in [2.45, 2.75) is 0 Å². The molecule has 2 amide bonds. The Balaban J connectivity index is 1.76. The molecule has 0 aromatic heterocycles. The first-order valence-corrected chi connectivity index (χ1v) is 9.24. The van der Waals surface area contributed by atoms with Gasteiger partial charge >= 0.3 is 0 Å². The second-order valence-corrected chi connectivity index (χ2v) is 6.26. The number of hydrazone groups is 1. The number of rotatable bonds is 7. The molecule has 3 rings (SSSR count). The molecule has 0 aliphatic rings. The van der Waals surface area contributed by atoms with Gasteiger partial charge in [-0.05, 0) is 36.4 Å². The van der Waals surface area contributed by atoms with Crippen LogP contribution in [0.15, 0.2) is 71.8 Å². The van der Waals surface area contributed by atoms with Gasteiger partial charge in [-0.25, -0.2) is 9.82 Å². The highest BCUT2D eigenvalue weighted by atomic mass is 19.1. The maximum absolute atomic E-state index is 13.9. The summed E-state index contributed by atoms with van der Waals surface area (Å²) < 4.78 is 24.4. The van der Waals surface area contributed by atoms with Gasteiger partial charge in [0, 0.05) is 5.56 Å². The molecule has 0 fully saturated rings. The Morgan fingerprint density at radius 1 is 0.871 bits per heavy atom. The zero-order chi connectivity index (χ0) is 22.2. The van der Waals surface area contributed by atoms with Gasteiger partial charge in [-0.2, -0.15) is 5.10 Å². The number of hydrogen-bond donors (Lipinski definition) is 2. The number of methoxy groups -OCH3 is 2. The van der Waals surface area contributed by atoms with E-state index in [2.05, 4.69) is 15.8 Å². The average Bonchev–Trinajstić information content (AvgIpc) is 2.79. The van der Waals surface area contributed by atoms with Crippen molar-refractivity contribution in [1.82, 2.24) is 5.43 Å². The lowest BCUT2D eigenvalue weighted by Gasteiger charge is -2.11. The molecule has 0 saturated carbocycles. The molecule has 0 bridgehead atoms. The van der Waals surface area contributed by atoms with Gasteiger partial charge < -0.3 is 14.8 Å². The van der Waals surface area contributed by atoms with Gasteiger partial charge in [-0.15, -0.1) is 0 Å². The van der Waals surface area contributed by atoms with Crippen molar-refractivity contribution in [3.63, 3.8) is 0 Å². The molecule has 0 radical (unpaired) electrons. The van der Waals surface area contributed by atoms with Crippen LogP contribution in [0, 0.1) is 5.82 Å². The highest BCUT2D eigenvalue weighted by molar-refractivity contribution is 6.09. The lowest BCUT2D eigenvalue weighted by Crippen LogP contribution is -2.21. The van der Waals surface area contributed by atoms with Crippen LogP contribution in [0.5, 0.6) is 11.5 Å². The van der Waals surface area contributed by atoms with Gasteiger partial charge in [0.25, 0.3) is 11.8 Å². The van der Waals surface area contributed by atoms with E-state index in [1.54, 1.807) is 42.5 Å². The third-order valence-corrected chi connectivity index (χ3v) is 4.34. The fraction of sp³-hybridized carbons (Fsp3) is 0.0870. The van der Waals surface area contributed by atoms with Gasteiger partial charge in [0.1, 0.15) is 5.82 Å². The number of nitrogens with zero attached hydrogens (tertiary/aromatic N) is 1. The van der Waals surface area contributed by atoms with Crippen molar-refractivity contribution in [3.05, 3.63) is 89.2 Å². The van der Waals surface area contributed by atoms with Gasteiger partial charge in [-0.1, -0.05) is 30.3 Å². The Bertz CT molecular complexity index is 1130. The zero-order valence-electron chi connectivity index (χ0n) is 16.9. The van der Waals surface area contributed by atoms with Crippen molar-refractivity contribution in [1.29, 1.82) is 0 Å². The normalized spacial score (nSPS) is 10.5. The van der Waals surface area contributed by atoms with Crippen LogP contribution >= 0.6 is 0 Å². The lowest BCUT2D eigenvalue weighted by atomic mass is 10.1. The van der Waals surface area contributed by atoms with Crippen LogP contribution in [0.3, 0.4) is 0 Å². The van der Waals surface area contributed by atoms with Crippen LogP contribution in [0.25, 0.3) is 0 Å². The molecule has 0 atom stereocenters. The van der Waals surface area contributed by atoms with E-state index < -0.39 is 17.6 Å². The summed E-state index contributed by atoms with van der Waals surface area (Å²) in [6, 6.07) is 17.2. The summed E-state index contributed by atoms with van der Waals surface area (Å²) >= 11 is 0. The molecule has 0 spiro atoms. The monoisotopic (exact) mass is 421 g/mol. The van der Waals surface area contributed by atoms with Crippen molar-refractivity contribution in [3.8, 4) is 11.5 Å². The van der Waals surface area contributed by atoms with E-state index in [1.807, 2.05) is 0 Å². The summed E-state index contributed by atoms with van der Waals surface area (Å²) in [5.74, 6) is -0.871. The number of carbonyl (C=O) groups is 2. The number of hydrogen-bond acceptors (Lipinski definition) is 5. The largest absolute Gasteiger partial charge is 0.493 e. The van der Waals surface area contributed by atoms with Gasteiger partial charge in [0.15, 0.2) is 11.5 Å². The van der Waals surface area contributed by atoms with Crippen LogP contribution in [0.1, 0.15) is 26.3 Å². The summed E-state index contributed by atoms with van der Waals surface area (Å²) in [4.78, 5) is 25.0. The first kappa shape index (κ1) is 21.5. The van der Waals surface area contributed by atoms with Crippen LogP contribution in [-0.2, 0) is 0 Å². The number of carbonyl (C=O) groups excluding carboxylic acids is 2.